The third-order valence-corrected chi connectivity index (χ3v) is 2.20. The maximum Gasteiger partial charge on any atom is 0.358 e. The highest BCUT2D eigenvalue weighted by Crippen LogP contribution is 2.04. The van der Waals surface area contributed by atoms with Gasteiger partial charge in [0.25, 0.3) is 0 Å². The van der Waals surface area contributed by atoms with E-state index < -0.39 is 5.97 Å². The third-order valence-electron chi connectivity index (χ3n) is 2.20. The molecule has 1 aromatic heterocycles. The SMILES string of the molecule is CC(CCCO)NCc1cc(C(=O)O)no1. The number of carbonyl (C=O) groups is 1. The number of hydrogen-bond donors (Lipinski definition) is 3. The van der Waals surface area contributed by atoms with Gasteiger partial charge >= 0.3 is 5.97 Å². The van der Waals surface area contributed by atoms with E-state index in [1.54, 1.807) is 0 Å². The van der Waals surface area contributed by atoms with Gasteiger partial charge in [-0.05, 0) is 19.8 Å². The summed E-state index contributed by atoms with van der Waals surface area (Å²) < 4.78 is 4.84. The van der Waals surface area contributed by atoms with Gasteiger partial charge in [-0.15, -0.1) is 0 Å². The topological polar surface area (TPSA) is 95.6 Å². The summed E-state index contributed by atoms with van der Waals surface area (Å²) in [5.74, 6) is -0.600. The second-order valence-electron chi connectivity index (χ2n) is 3.63. The second kappa shape index (κ2) is 6.24. The van der Waals surface area contributed by atoms with Gasteiger partial charge < -0.3 is 20.1 Å². The Bertz CT molecular complexity index is 337. The normalized spacial score (nSPS) is 12.6. The monoisotopic (exact) mass is 228 g/mol. The summed E-state index contributed by atoms with van der Waals surface area (Å²) in [5.41, 5.74) is -0.0835. The first kappa shape index (κ1) is 12.7. The van der Waals surface area contributed by atoms with Gasteiger partial charge in [-0.25, -0.2) is 4.79 Å². The van der Waals surface area contributed by atoms with Crippen molar-refractivity contribution in [2.45, 2.75) is 32.4 Å². The number of rotatable bonds is 7. The minimum atomic E-state index is -1.09. The summed E-state index contributed by atoms with van der Waals surface area (Å²) in [6, 6.07) is 1.64. The Morgan fingerprint density at radius 3 is 3.00 bits per heavy atom. The highest BCUT2D eigenvalue weighted by molar-refractivity contribution is 5.85. The third kappa shape index (κ3) is 4.00. The molecule has 0 aliphatic carbocycles. The van der Waals surface area contributed by atoms with Crippen LogP contribution in [0.4, 0.5) is 0 Å². The molecule has 0 fully saturated rings. The average Bonchev–Trinajstić information content (AvgIpc) is 2.72. The molecule has 0 radical (unpaired) electrons. The number of aromatic carboxylic acids is 1. The average molecular weight is 228 g/mol. The molecule has 0 bridgehead atoms. The van der Waals surface area contributed by atoms with Crippen molar-refractivity contribution in [3.63, 3.8) is 0 Å². The van der Waals surface area contributed by atoms with E-state index in [1.165, 1.54) is 6.07 Å². The number of carboxylic acids is 1. The maximum absolute atomic E-state index is 10.5. The molecule has 0 saturated carbocycles. The van der Waals surface area contributed by atoms with Crippen molar-refractivity contribution in [1.82, 2.24) is 10.5 Å². The van der Waals surface area contributed by atoms with Crippen molar-refractivity contribution in [2.75, 3.05) is 6.61 Å². The van der Waals surface area contributed by atoms with Crippen LogP contribution >= 0.6 is 0 Å². The summed E-state index contributed by atoms with van der Waals surface area (Å²) in [5, 5.41) is 23.8. The Morgan fingerprint density at radius 1 is 1.69 bits per heavy atom. The fraction of sp³-hybridized carbons (Fsp3) is 0.600. The molecule has 1 atom stereocenters. The number of aromatic nitrogens is 1. The molecule has 0 aliphatic rings. The highest BCUT2D eigenvalue weighted by atomic mass is 16.5. The van der Waals surface area contributed by atoms with Gasteiger partial charge in [0.1, 0.15) is 0 Å². The van der Waals surface area contributed by atoms with Crippen LogP contribution in [-0.2, 0) is 6.54 Å². The quantitative estimate of drug-likeness (QED) is 0.633. The Labute approximate surface area is 93.3 Å². The Kier molecular flexibility index (Phi) is 4.94. The van der Waals surface area contributed by atoms with Crippen molar-refractivity contribution in [1.29, 1.82) is 0 Å². The van der Waals surface area contributed by atoms with Crippen LogP contribution in [0, 0.1) is 0 Å². The van der Waals surface area contributed by atoms with E-state index in [0.717, 1.165) is 12.8 Å². The van der Waals surface area contributed by atoms with Crippen LogP contribution in [0.3, 0.4) is 0 Å². The molecule has 16 heavy (non-hydrogen) atoms. The molecule has 0 aromatic carbocycles. The summed E-state index contributed by atoms with van der Waals surface area (Å²) in [4.78, 5) is 10.5. The first-order chi connectivity index (χ1) is 7.63. The maximum atomic E-state index is 10.5. The molecule has 1 aromatic rings. The highest BCUT2D eigenvalue weighted by Gasteiger charge is 2.11. The van der Waals surface area contributed by atoms with Crippen LogP contribution < -0.4 is 5.32 Å². The minimum absolute atomic E-state index is 0.0835. The number of aliphatic hydroxyl groups excluding tert-OH is 1. The lowest BCUT2D eigenvalue weighted by Gasteiger charge is -2.10. The molecule has 0 spiro atoms. The smallest absolute Gasteiger partial charge is 0.358 e. The van der Waals surface area contributed by atoms with Crippen LogP contribution in [0.1, 0.15) is 36.0 Å². The second-order valence-corrected chi connectivity index (χ2v) is 3.63. The van der Waals surface area contributed by atoms with Gasteiger partial charge in [-0.3, -0.25) is 0 Å². The zero-order valence-electron chi connectivity index (χ0n) is 9.14. The fourth-order valence-corrected chi connectivity index (χ4v) is 1.27. The molecule has 0 aliphatic heterocycles. The van der Waals surface area contributed by atoms with Crippen molar-refractivity contribution in [3.05, 3.63) is 17.5 Å². The lowest BCUT2D eigenvalue weighted by molar-refractivity contribution is 0.0685. The molecule has 0 amide bonds. The number of hydrogen-bond acceptors (Lipinski definition) is 5. The van der Waals surface area contributed by atoms with Crippen LogP contribution in [0.25, 0.3) is 0 Å². The van der Waals surface area contributed by atoms with Gasteiger partial charge in [-0.2, -0.15) is 0 Å². The lowest BCUT2D eigenvalue weighted by atomic mass is 10.2. The first-order valence-corrected chi connectivity index (χ1v) is 5.16. The lowest BCUT2D eigenvalue weighted by Crippen LogP contribution is -2.25. The zero-order valence-corrected chi connectivity index (χ0v) is 9.14. The van der Waals surface area contributed by atoms with Gasteiger partial charge in [0.15, 0.2) is 11.5 Å². The van der Waals surface area contributed by atoms with Crippen molar-refractivity contribution in [3.8, 4) is 0 Å². The molecule has 90 valence electrons. The van der Waals surface area contributed by atoms with E-state index in [0.29, 0.717) is 12.3 Å². The van der Waals surface area contributed by atoms with Gasteiger partial charge in [0.05, 0.1) is 6.54 Å². The van der Waals surface area contributed by atoms with E-state index in [4.69, 9.17) is 14.7 Å². The van der Waals surface area contributed by atoms with Crippen molar-refractivity contribution < 1.29 is 19.5 Å². The number of aliphatic hydroxyl groups is 1. The minimum Gasteiger partial charge on any atom is -0.476 e. The molecular weight excluding hydrogens is 212 g/mol. The van der Waals surface area contributed by atoms with E-state index in [2.05, 4.69) is 10.5 Å². The van der Waals surface area contributed by atoms with E-state index in [9.17, 15) is 4.79 Å². The Hall–Kier alpha value is -1.40. The fourth-order valence-electron chi connectivity index (χ4n) is 1.27. The van der Waals surface area contributed by atoms with Gasteiger partial charge in [0.2, 0.25) is 0 Å². The van der Waals surface area contributed by atoms with Gasteiger partial charge in [0, 0.05) is 18.7 Å². The van der Waals surface area contributed by atoms with Crippen LogP contribution in [0.15, 0.2) is 10.6 Å². The van der Waals surface area contributed by atoms with Crippen LogP contribution in [0.2, 0.25) is 0 Å². The number of nitrogens with one attached hydrogen (secondary N) is 1. The summed E-state index contributed by atoms with van der Waals surface area (Å²) in [7, 11) is 0. The van der Waals surface area contributed by atoms with Crippen molar-refractivity contribution >= 4 is 5.97 Å². The number of nitrogens with zero attached hydrogens (tertiary/aromatic N) is 1. The molecule has 1 heterocycles. The molecule has 6 nitrogen and oxygen atoms in total. The largest absolute Gasteiger partial charge is 0.476 e. The summed E-state index contributed by atoms with van der Waals surface area (Å²) in [6.07, 6.45) is 1.60. The molecule has 6 heteroatoms. The van der Waals surface area contributed by atoms with Gasteiger partial charge in [-0.1, -0.05) is 5.16 Å². The predicted molar refractivity (Wildman–Crippen MR) is 56.1 cm³/mol. The first-order valence-electron chi connectivity index (χ1n) is 5.16. The molecular formula is C10H16N2O4. The zero-order chi connectivity index (χ0) is 12.0. The van der Waals surface area contributed by atoms with E-state index in [1.807, 2.05) is 6.92 Å². The van der Waals surface area contributed by atoms with Crippen molar-refractivity contribution in [2.24, 2.45) is 0 Å². The summed E-state index contributed by atoms with van der Waals surface area (Å²) >= 11 is 0. The molecule has 0 saturated heterocycles. The summed E-state index contributed by atoms with van der Waals surface area (Å²) in [6.45, 7) is 2.61. The van der Waals surface area contributed by atoms with E-state index >= 15 is 0 Å². The molecule has 1 rings (SSSR count). The predicted octanol–water partition coefficient (Wildman–Crippen LogP) is 0.623. The molecule has 1 unspecified atom stereocenters. The Morgan fingerprint density at radius 2 is 2.44 bits per heavy atom. The number of carboxylic acid groups (broad SMARTS) is 1. The van der Waals surface area contributed by atoms with Crippen LogP contribution in [0.5, 0.6) is 0 Å². The standard InChI is InChI=1S/C10H16N2O4/c1-7(3-2-4-13)11-6-8-5-9(10(14)15)12-16-8/h5,7,11,13H,2-4,6H2,1H3,(H,14,15). The van der Waals surface area contributed by atoms with E-state index in [-0.39, 0.29) is 18.3 Å². The Balaban J connectivity index is 2.33. The molecule has 3 N–H and O–H groups in total. The van der Waals surface area contributed by atoms with Crippen LogP contribution in [-0.4, -0.2) is 34.0 Å².